The van der Waals surface area contributed by atoms with Crippen LogP contribution >= 0.6 is 23.1 Å². The molecule has 106 valence electrons. The van der Waals surface area contributed by atoms with Crippen LogP contribution in [0.4, 0.5) is 10.5 Å². The lowest BCUT2D eigenvalue weighted by Crippen LogP contribution is -2.33. The monoisotopic (exact) mass is 316 g/mol. The molecular weight excluding hydrogens is 304 g/mol. The zero-order valence-corrected chi connectivity index (χ0v) is 12.6. The summed E-state index contributed by atoms with van der Waals surface area (Å²) in [6, 6.07) is 10.6. The van der Waals surface area contributed by atoms with Crippen molar-refractivity contribution in [2.24, 2.45) is 0 Å². The van der Waals surface area contributed by atoms with Gasteiger partial charge in [0.2, 0.25) is 0 Å². The number of hydrogen-bond donors (Lipinski definition) is 0. The van der Waals surface area contributed by atoms with E-state index in [-0.39, 0.29) is 23.4 Å². The van der Waals surface area contributed by atoms with Gasteiger partial charge in [0.15, 0.2) is 0 Å². The number of anilines is 1. The Morgan fingerprint density at radius 1 is 1.10 bits per heavy atom. The summed E-state index contributed by atoms with van der Waals surface area (Å²) in [6.45, 7) is 0. The summed E-state index contributed by atoms with van der Waals surface area (Å²) in [6.07, 6.45) is 0. The number of amides is 3. The predicted octanol–water partition coefficient (Wildman–Crippen LogP) is 3.33. The van der Waals surface area contributed by atoms with Crippen molar-refractivity contribution in [3.8, 4) is 0 Å². The first-order chi connectivity index (χ1) is 10.3. The molecule has 6 heteroatoms. The predicted molar refractivity (Wildman–Crippen MR) is 84.5 cm³/mol. The van der Waals surface area contributed by atoms with Crippen molar-refractivity contribution in [1.82, 2.24) is 4.90 Å². The lowest BCUT2D eigenvalue weighted by atomic mass is 10.2. The van der Waals surface area contributed by atoms with Gasteiger partial charge in [-0.25, -0.2) is 9.69 Å². The van der Waals surface area contributed by atoms with E-state index in [1.54, 1.807) is 40.1 Å². The molecule has 21 heavy (non-hydrogen) atoms. The van der Waals surface area contributed by atoms with Crippen LogP contribution in [0.2, 0.25) is 0 Å². The van der Waals surface area contributed by atoms with Gasteiger partial charge in [-0.3, -0.25) is 9.69 Å². The molecule has 2 aliphatic heterocycles. The third kappa shape index (κ3) is 1.90. The second kappa shape index (κ2) is 4.89. The molecule has 0 aliphatic carbocycles. The smallest absolute Gasteiger partial charge is 0.295 e. The molecule has 0 bridgehead atoms. The van der Waals surface area contributed by atoms with Crippen molar-refractivity contribution in [3.63, 3.8) is 0 Å². The van der Waals surface area contributed by atoms with Gasteiger partial charge in [-0.05, 0) is 34.5 Å². The van der Waals surface area contributed by atoms with Crippen molar-refractivity contribution < 1.29 is 9.59 Å². The molecule has 0 saturated carbocycles. The van der Waals surface area contributed by atoms with Gasteiger partial charge in [0.1, 0.15) is 11.4 Å². The molecule has 2 aliphatic rings. The summed E-state index contributed by atoms with van der Waals surface area (Å²) in [5.74, 6) is 0.547. The molecule has 1 aromatic carbocycles. The van der Waals surface area contributed by atoms with E-state index in [2.05, 4.69) is 0 Å². The number of thiophene rings is 1. The molecule has 2 saturated heterocycles. The number of urea groups is 1. The van der Waals surface area contributed by atoms with E-state index in [1.807, 2.05) is 35.0 Å². The van der Waals surface area contributed by atoms with E-state index in [1.165, 1.54) is 4.90 Å². The largest absolute Gasteiger partial charge is 0.333 e. The normalized spacial score (nSPS) is 24.8. The van der Waals surface area contributed by atoms with Crippen molar-refractivity contribution in [2.45, 2.75) is 11.4 Å². The minimum absolute atomic E-state index is 0.0496. The van der Waals surface area contributed by atoms with Crippen LogP contribution in [0, 0.1) is 0 Å². The van der Waals surface area contributed by atoms with Crippen LogP contribution in [0.25, 0.3) is 0 Å². The SMILES string of the molecule is O=C1C2CSC(c3ccsc3)N2C(=O)N1c1ccccc1. The van der Waals surface area contributed by atoms with Gasteiger partial charge in [0, 0.05) is 5.75 Å². The number of thioether (sulfide) groups is 1. The number of rotatable bonds is 2. The van der Waals surface area contributed by atoms with Crippen LogP contribution in [0.1, 0.15) is 10.9 Å². The van der Waals surface area contributed by atoms with Crippen LogP contribution in [0.15, 0.2) is 47.2 Å². The van der Waals surface area contributed by atoms with Crippen LogP contribution < -0.4 is 4.90 Å². The second-order valence-corrected chi connectivity index (χ2v) is 6.85. The maximum Gasteiger partial charge on any atom is 0.333 e. The van der Waals surface area contributed by atoms with Gasteiger partial charge in [-0.15, -0.1) is 11.8 Å². The Kier molecular flexibility index (Phi) is 3.01. The zero-order valence-electron chi connectivity index (χ0n) is 11.0. The van der Waals surface area contributed by atoms with Crippen LogP contribution in [0.5, 0.6) is 0 Å². The molecule has 2 unspecified atom stereocenters. The van der Waals surface area contributed by atoms with Crippen molar-refractivity contribution >= 4 is 40.7 Å². The molecule has 4 rings (SSSR count). The van der Waals surface area contributed by atoms with Crippen LogP contribution in [-0.2, 0) is 4.79 Å². The molecule has 2 atom stereocenters. The van der Waals surface area contributed by atoms with Crippen LogP contribution in [0.3, 0.4) is 0 Å². The lowest BCUT2D eigenvalue weighted by molar-refractivity contribution is -0.119. The van der Waals surface area contributed by atoms with Crippen molar-refractivity contribution in [3.05, 3.63) is 52.7 Å². The van der Waals surface area contributed by atoms with Gasteiger partial charge >= 0.3 is 6.03 Å². The third-order valence-electron chi connectivity index (χ3n) is 3.76. The maximum absolute atomic E-state index is 12.7. The first-order valence-corrected chi connectivity index (χ1v) is 8.61. The number of para-hydroxylation sites is 1. The molecule has 3 heterocycles. The van der Waals surface area contributed by atoms with E-state index in [9.17, 15) is 9.59 Å². The average Bonchev–Trinajstić information content (AvgIpc) is 3.20. The summed E-state index contributed by atoms with van der Waals surface area (Å²) < 4.78 is 0. The number of benzene rings is 1. The van der Waals surface area contributed by atoms with E-state index in [4.69, 9.17) is 0 Å². The molecule has 1 aromatic heterocycles. The molecule has 0 N–H and O–H groups in total. The van der Waals surface area contributed by atoms with Crippen molar-refractivity contribution in [1.29, 1.82) is 0 Å². The van der Waals surface area contributed by atoms with E-state index < -0.39 is 0 Å². The number of nitrogens with zero attached hydrogens (tertiary/aromatic N) is 2. The van der Waals surface area contributed by atoms with Gasteiger partial charge in [-0.2, -0.15) is 11.3 Å². The fourth-order valence-corrected chi connectivity index (χ4v) is 4.95. The molecule has 3 amide bonds. The summed E-state index contributed by atoms with van der Waals surface area (Å²) in [5.41, 5.74) is 1.75. The van der Waals surface area contributed by atoms with Gasteiger partial charge in [0.05, 0.1) is 5.69 Å². The summed E-state index contributed by atoms with van der Waals surface area (Å²) >= 11 is 3.27. The highest BCUT2D eigenvalue weighted by atomic mass is 32.2. The Labute approximate surface area is 130 Å². The van der Waals surface area contributed by atoms with Gasteiger partial charge in [0.25, 0.3) is 5.91 Å². The fourth-order valence-electron chi connectivity index (χ4n) is 2.78. The standard InChI is InChI=1S/C15H12N2O2S2/c18-13-12-9-21-14(10-6-7-20-8-10)17(12)15(19)16(13)11-4-2-1-3-5-11/h1-8,12,14H,9H2. The quantitative estimate of drug-likeness (QED) is 0.798. The minimum Gasteiger partial charge on any atom is -0.295 e. The number of imide groups is 1. The summed E-state index contributed by atoms with van der Waals surface area (Å²) in [7, 11) is 0. The highest BCUT2D eigenvalue weighted by Gasteiger charge is 2.53. The Morgan fingerprint density at radius 3 is 2.62 bits per heavy atom. The summed E-state index contributed by atoms with van der Waals surface area (Å²) in [5, 5.41) is 4.00. The first kappa shape index (κ1) is 12.9. The average molecular weight is 316 g/mol. The van der Waals surface area contributed by atoms with Crippen molar-refractivity contribution in [2.75, 3.05) is 10.7 Å². The third-order valence-corrected chi connectivity index (χ3v) is 5.79. The molecule has 4 nitrogen and oxygen atoms in total. The zero-order chi connectivity index (χ0) is 14.4. The first-order valence-electron chi connectivity index (χ1n) is 6.62. The van der Waals surface area contributed by atoms with E-state index in [0.29, 0.717) is 11.4 Å². The highest BCUT2D eigenvalue weighted by molar-refractivity contribution is 7.99. The minimum atomic E-state index is -0.340. The maximum atomic E-state index is 12.7. The Hall–Kier alpha value is -1.79. The highest BCUT2D eigenvalue weighted by Crippen LogP contribution is 2.46. The Balaban J connectivity index is 1.71. The molecule has 2 aromatic rings. The second-order valence-electron chi connectivity index (χ2n) is 4.96. The lowest BCUT2D eigenvalue weighted by Gasteiger charge is -2.22. The number of carbonyl (C=O) groups excluding carboxylic acids is 2. The summed E-state index contributed by atoms with van der Waals surface area (Å²) in [4.78, 5) is 28.3. The topological polar surface area (TPSA) is 40.6 Å². The fraction of sp³-hybridized carbons (Fsp3) is 0.200. The van der Waals surface area contributed by atoms with Crippen LogP contribution in [-0.4, -0.2) is 28.6 Å². The Morgan fingerprint density at radius 2 is 1.90 bits per heavy atom. The van der Waals surface area contributed by atoms with Gasteiger partial charge in [-0.1, -0.05) is 18.2 Å². The van der Waals surface area contributed by atoms with E-state index in [0.717, 1.165) is 5.56 Å². The number of fused-ring (bicyclic) bond motifs is 1. The van der Waals surface area contributed by atoms with Gasteiger partial charge < -0.3 is 0 Å². The molecule has 0 spiro atoms. The Bertz CT molecular complexity index is 687. The number of carbonyl (C=O) groups is 2. The molecule has 2 fully saturated rings. The molecule has 0 radical (unpaired) electrons. The number of hydrogen-bond acceptors (Lipinski definition) is 4. The van der Waals surface area contributed by atoms with E-state index >= 15 is 0 Å². The molecular formula is C15H12N2O2S2.